The Morgan fingerprint density at radius 1 is 0.897 bits per heavy atom. The van der Waals surface area contributed by atoms with E-state index in [2.05, 4.69) is 9.59 Å². The van der Waals surface area contributed by atoms with Crippen LogP contribution in [0, 0.1) is 0 Å². The second-order valence-corrected chi connectivity index (χ2v) is 7.52. The van der Waals surface area contributed by atoms with Gasteiger partial charge in [-0.1, -0.05) is 60.1 Å². The maximum Gasteiger partial charge on any atom is 0.150 e. The number of ether oxygens (including phenoxy) is 2. The Labute approximate surface area is 175 Å². The second kappa shape index (κ2) is 11.4. The van der Waals surface area contributed by atoms with Gasteiger partial charge in [-0.3, -0.25) is 4.79 Å². The van der Waals surface area contributed by atoms with E-state index in [9.17, 15) is 4.79 Å². The Hall–Kier alpha value is -2.57. The molecule has 3 rings (SSSR count). The Morgan fingerprint density at radius 2 is 1.59 bits per heavy atom. The fourth-order valence-corrected chi connectivity index (χ4v) is 3.91. The van der Waals surface area contributed by atoms with Crippen molar-refractivity contribution in [3.8, 4) is 27.4 Å². The molecule has 2 aromatic carbocycles. The van der Waals surface area contributed by atoms with Crippen LogP contribution in [0.4, 0.5) is 0 Å². The van der Waals surface area contributed by atoms with Crippen LogP contribution in [-0.2, 0) is 4.74 Å². The summed E-state index contributed by atoms with van der Waals surface area (Å²) in [6.07, 6.45) is 6.52. The van der Waals surface area contributed by atoms with Crippen LogP contribution in [0.15, 0.2) is 48.5 Å². The van der Waals surface area contributed by atoms with Crippen LogP contribution < -0.4 is 4.74 Å². The number of hydrogen-bond acceptors (Lipinski definition) is 6. The van der Waals surface area contributed by atoms with Crippen LogP contribution in [0.5, 0.6) is 5.75 Å². The number of carbonyl (C=O) groups excluding carboxylic acids is 1. The average molecular weight is 411 g/mol. The quantitative estimate of drug-likeness (QED) is 0.285. The Bertz CT molecular complexity index is 910. The highest BCUT2D eigenvalue weighted by Gasteiger charge is 2.18. The van der Waals surface area contributed by atoms with E-state index in [1.54, 1.807) is 13.2 Å². The highest BCUT2D eigenvalue weighted by Crippen LogP contribution is 2.39. The standard InChI is InChI=1S/C23H26N2O3S/c1-27-15-9-3-2-4-10-16-28-21-14-8-7-13-20(21)23-22(24-25-29-23)19-12-6-5-11-18(19)17-26/h5-8,11-14,17H,2-4,9-10,15-16H2,1H3. The van der Waals surface area contributed by atoms with Gasteiger partial charge in [0.2, 0.25) is 0 Å². The molecule has 0 bridgehead atoms. The molecular formula is C23H26N2O3S. The van der Waals surface area contributed by atoms with Crippen molar-refractivity contribution < 1.29 is 14.3 Å². The zero-order chi connectivity index (χ0) is 20.3. The lowest BCUT2D eigenvalue weighted by Gasteiger charge is -2.11. The molecule has 0 saturated heterocycles. The van der Waals surface area contributed by atoms with Gasteiger partial charge in [0.25, 0.3) is 0 Å². The highest BCUT2D eigenvalue weighted by atomic mass is 32.1. The minimum atomic E-state index is 0.605. The molecule has 1 aromatic heterocycles. The van der Waals surface area contributed by atoms with Crippen LogP contribution in [0.2, 0.25) is 0 Å². The van der Waals surface area contributed by atoms with Crippen molar-refractivity contribution in [3.63, 3.8) is 0 Å². The summed E-state index contributed by atoms with van der Waals surface area (Å²) >= 11 is 1.32. The van der Waals surface area contributed by atoms with E-state index >= 15 is 0 Å². The topological polar surface area (TPSA) is 61.3 Å². The Morgan fingerprint density at radius 3 is 2.38 bits per heavy atom. The van der Waals surface area contributed by atoms with Gasteiger partial charge < -0.3 is 9.47 Å². The fourth-order valence-electron chi connectivity index (χ4n) is 3.20. The summed E-state index contributed by atoms with van der Waals surface area (Å²) in [6.45, 7) is 1.51. The van der Waals surface area contributed by atoms with Crippen molar-refractivity contribution in [2.24, 2.45) is 0 Å². The summed E-state index contributed by atoms with van der Waals surface area (Å²) in [5, 5.41) is 4.30. The lowest BCUT2D eigenvalue weighted by atomic mass is 10.0. The molecule has 0 aliphatic carbocycles. The number of methoxy groups -OCH3 is 1. The van der Waals surface area contributed by atoms with Gasteiger partial charge >= 0.3 is 0 Å². The lowest BCUT2D eigenvalue weighted by Crippen LogP contribution is -1.99. The summed E-state index contributed by atoms with van der Waals surface area (Å²) in [7, 11) is 1.74. The molecule has 0 fully saturated rings. The first-order valence-electron chi connectivity index (χ1n) is 9.93. The molecule has 0 radical (unpaired) electrons. The van der Waals surface area contributed by atoms with E-state index in [4.69, 9.17) is 9.47 Å². The van der Waals surface area contributed by atoms with Crippen molar-refractivity contribution in [1.82, 2.24) is 9.59 Å². The normalized spacial score (nSPS) is 10.8. The number of hydrogen-bond donors (Lipinski definition) is 0. The predicted molar refractivity (Wildman–Crippen MR) is 117 cm³/mol. The number of aromatic nitrogens is 2. The van der Waals surface area contributed by atoms with Crippen molar-refractivity contribution in [3.05, 3.63) is 54.1 Å². The third-order valence-electron chi connectivity index (χ3n) is 4.71. The van der Waals surface area contributed by atoms with Gasteiger partial charge in [-0.25, -0.2) is 0 Å². The zero-order valence-corrected chi connectivity index (χ0v) is 17.5. The first-order valence-corrected chi connectivity index (χ1v) is 10.7. The van der Waals surface area contributed by atoms with Crippen molar-refractivity contribution >= 4 is 17.8 Å². The molecule has 0 aliphatic heterocycles. The molecule has 0 unspecified atom stereocenters. The van der Waals surface area contributed by atoms with E-state index in [0.29, 0.717) is 17.9 Å². The molecule has 29 heavy (non-hydrogen) atoms. The summed E-state index contributed by atoms with van der Waals surface area (Å²) in [5.41, 5.74) is 3.07. The summed E-state index contributed by atoms with van der Waals surface area (Å²) in [5.74, 6) is 0.822. The summed E-state index contributed by atoms with van der Waals surface area (Å²) in [4.78, 5) is 12.4. The third-order valence-corrected chi connectivity index (χ3v) is 5.47. The molecule has 0 amide bonds. The van der Waals surface area contributed by atoms with E-state index in [-0.39, 0.29) is 0 Å². The number of benzene rings is 2. The van der Waals surface area contributed by atoms with E-state index in [0.717, 1.165) is 53.9 Å². The highest BCUT2D eigenvalue weighted by molar-refractivity contribution is 7.10. The molecule has 3 aromatic rings. The van der Waals surface area contributed by atoms with E-state index in [1.807, 2.05) is 42.5 Å². The predicted octanol–water partition coefficient (Wildman–Crippen LogP) is 5.66. The van der Waals surface area contributed by atoms with Gasteiger partial charge in [0.1, 0.15) is 11.4 Å². The number of carbonyl (C=O) groups is 1. The van der Waals surface area contributed by atoms with Crippen LogP contribution in [-0.4, -0.2) is 36.2 Å². The minimum absolute atomic E-state index is 0.605. The van der Waals surface area contributed by atoms with Crippen LogP contribution in [0.3, 0.4) is 0 Å². The maximum absolute atomic E-state index is 11.4. The number of nitrogens with zero attached hydrogens (tertiary/aromatic N) is 2. The Kier molecular flexibility index (Phi) is 8.34. The molecule has 0 saturated carbocycles. The van der Waals surface area contributed by atoms with Crippen LogP contribution >= 0.6 is 11.5 Å². The van der Waals surface area contributed by atoms with Gasteiger partial charge in [0.15, 0.2) is 6.29 Å². The molecule has 0 spiro atoms. The Balaban J connectivity index is 1.69. The fraction of sp³-hybridized carbons (Fsp3) is 0.348. The zero-order valence-electron chi connectivity index (χ0n) is 16.7. The van der Waals surface area contributed by atoms with Gasteiger partial charge in [0.05, 0.1) is 11.5 Å². The van der Waals surface area contributed by atoms with Gasteiger partial charge in [-0.05, 0) is 36.5 Å². The van der Waals surface area contributed by atoms with Gasteiger partial charge in [-0.2, -0.15) is 0 Å². The smallest absolute Gasteiger partial charge is 0.150 e. The van der Waals surface area contributed by atoms with Crippen LogP contribution in [0.25, 0.3) is 21.7 Å². The molecule has 5 nitrogen and oxygen atoms in total. The maximum atomic E-state index is 11.4. The van der Waals surface area contributed by atoms with Crippen molar-refractivity contribution in [1.29, 1.82) is 0 Å². The monoisotopic (exact) mass is 410 g/mol. The number of para-hydroxylation sites is 1. The molecule has 152 valence electrons. The average Bonchev–Trinajstić information content (AvgIpc) is 3.25. The van der Waals surface area contributed by atoms with Crippen molar-refractivity contribution in [2.45, 2.75) is 32.1 Å². The van der Waals surface area contributed by atoms with Gasteiger partial charge in [-0.15, -0.1) is 5.10 Å². The molecular weight excluding hydrogens is 384 g/mol. The number of rotatable bonds is 12. The number of aldehydes is 1. The molecule has 0 aliphatic rings. The first kappa shape index (κ1) is 21.1. The SMILES string of the molecule is COCCCCCCCOc1ccccc1-c1snnc1-c1ccccc1C=O. The first-order chi connectivity index (χ1) is 14.3. The molecule has 6 heteroatoms. The second-order valence-electron chi connectivity index (χ2n) is 6.76. The largest absolute Gasteiger partial charge is 0.493 e. The van der Waals surface area contributed by atoms with E-state index in [1.165, 1.54) is 24.4 Å². The molecule has 0 N–H and O–H groups in total. The van der Waals surface area contributed by atoms with E-state index < -0.39 is 0 Å². The summed E-state index contributed by atoms with van der Waals surface area (Å²) < 4.78 is 15.3. The van der Waals surface area contributed by atoms with Gasteiger partial charge in [0, 0.05) is 30.4 Å². The molecule has 1 heterocycles. The number of unbranched alkanes of at least 4 members (excludes halogenated alkanes) is 4. The summed E-state index contributed by atoms with van der Waals surface area (Å²) in [6, 6.07) is 15.4. The third kappa shape index (κ3) is 5.71. The van der Waals surface area contributed by atoms with Crippen molar-refractivity contribution in [2.75, 3.05) is 20.3 Å². The van der Waals surface area contributed by atoms with Crippen LogP contribution in [0.1, 0.15) is 42.5 Å². The minimum Gasteiger partial charge on any atom is -0.493 e. The lowest BCUT2D eigenvalue weighted by molar-refractivity contribution is 0.112. The molecule has 0 atom stereocenters.